The highest BCUT2D eigenvalue weighted by Crippen LogP contribution is 2.30. The number of halogens is 4. The van der Waals surface area contributed by atoms with Gasteiger partial charge in [-0.25, -0.2) is 18.2 Å². The first-order valence-corrected chi connectivity index (χ1v) is 6.68. The summed E-state index contributed by atoms with van der Waals surface area (Å²) in [5.74, 6) is -1.51. The molecule has 0 aliphatic carbocycles. The van der Waals surface area contributed by atoms with Gasteiger partial charge in [0, 0.05) is 17.8 Å². The Hall–Kier alpha value is -2.01. The van der Waals surface area contributed by atoms with E-state index in [4.69, 9.17) is 11.6 Å². The van der Waals surface area contributed by atoms with Crippen molar-refractivity contribution >= 4 is 22.6 Å². The van der Waals surface area contributed by atoms with E-state index in [1.807, 2.05) is 0 Å². The van der Waals surface area contributed by atoms with Gasteiger partial charge in [0.05, 0.1) is 10.9 Å². The van der Waals surface area contributed by atoms with Crippen LogP contribution in [-0.4, -0.2) is 9.55 Å². The van der Waals surface area contributed by atoms with Crippen LogP contribution in [0.4, 0.5) is 13.2 Å². The second-order valence-corrected chi connectivity index (χ2v) is 5.31. The Bertz CT molecular complexity index is 810. The molecule has 0 radical (unpaired) electrons. The van der Waals surface area contributed by atoms with Gasteiger partial charge in [0.2, 0.25) is 0 Å². The lowest BCUT2D eigenvalue weighted by atomic mass is 10.2. The molecule has 0 aliphatic heterocycles. The number of fused-ring (bicyclic) bond motifs is 1. The van der Waals surface area contributed by atoms with Crippen LogP contribution in [0.3, 0.4) is 0 Å². The molecule has 0 fully saturated rings. The molecule has 0 bridgehead atoms. The Morgan fingerprint density at radius 1 is 1.05 bits per heavy atom. The van der Waals surface area contributed by atoms with Gasteiger partial charge in [0.25, 0.3) is 0 Å². The summed E-state index contributed by atoms with van der Waals surface area (Å²) in [5.41, 5.74) is 0.816. The zero-order valence-corrected chi connectivity index (χ0v) is 11.7. The zero-order chi connectivity index (χ0) is 15.1. The number of aromatic nitrogens is 2. The molecule has 1 atom stereocenters. The second-order valence-electron chi connectivity index (χ2n) is 4.65. The maximum absolute atomic E-state index is 13.9. The number of hydrogen-bond acceptors (Lipinski definition) is 1. The van der Waals surface area contributed by atoms with E-state index < -0.39 is 22.8 Å². The first-order valence-electron chi connectivity index (χ1n) is 6.25. The maximum Gasteiger partial charge on any atom is 0.153 e. The molecule has 0 saturated carbocycles. The Morgan fingerprint density at radius 3 is 2.33 bits per heavy atom. The number of hydrogen-bond donors (Lipinski definition) is 0. The second kappa shape index (κ2) is 5.07. The molecule has 3 rings (SSSR count). The maximum atomic E-state index is 13.9. The molecule has 0 amide bonds. The number of imidazole rings is 1. The summed E-state index contributed by atoms with van der Waals surface area (Å²) in [6, 6.07) is 7.48. The van der Waals surface area contributed by atoms with Crippen molar-refractivity contribution in [3.8, 4) is 5.69 Å². The summed E-state index contributed by atoms with van der Waals surface area (Å²) in [6.45, 7) is 1.68. The molecule has 108 valence electrons. The fourth-order valence-electron chi connectivity index (χ4n) is 2.25. The van der Waals surface area contributed by atoms with Crippen molar-refractivity contribution < 1.29 is 13.2 Å². The largest absolute Gasteiger partial charge is 0.295 e. The summed E-state index contributed by atoms with van der Waals surface area (Å²) >= 11 is 6.08. The molecule has 0 saturated heterocycles. The topological polar surface area (TPSA) is 17.8 Å². The zero-order valence-electron chi connectivity index (χ0n) is 10.9. The van der Waals surface area contributed by atoms with Crippen molar-refractivity contribution in [3.63, 3.8) is 0 Å². The van der Waals surface area contributed by atoms with Gasteiger partial charge < -0.3 is 0 Å². The highest BCUT2D eigenvalue weighted by molar-refractivity contribution is 6.20. The first kappa shape index (κ1) is 13.9. The quantitative estimate of drug-likeness (QED) is 0.625. The highest BCUT2D eigenvalue weighted by Gasteiger charge is 2.19. The van der Waals surface area contributed by atoms with Gasteiger partial charge in [-0.15, -0.1) is 11.6 Å². The molecule has 1 unspecified atom stereocenters. The van der Waals surface area contributed by atoms with Crippen LogP contribution in [-0.2, 0) is 0 Å². The summed E-state index contributed by atoms with van der Waals surface area (Å²) in [6.07, 6.45) is 0. The summed E-state index contributed by atoms with van der Waals surface area (Å²) in [7, 11) is 0. The lowest BCUT2D eigenvalue weighted by Gasteiger charge is -2.10. The van der Waals surface area contributed by atoms with Gasteiger partial charge in [0.1, 0.15) is 23.0 Å². The van der Waals surface area contributed by atoms with Gasteiger partial charge in [0.15, 0.2) is 5.82 Å². The summed E-state index contributed by atoms with van der Waals surface area (Å²) < 4.78 is 41.9. The van der Waals surface area contributed by atoms with E-state index in [1.165, 1.54) is 34.9 Å². The van der Waals surface area contributed by atoms with Crippen molar-refractivity contribution in [2.45, 2.75) is 12.3 Å². The highest BCUT2D eigenvalue weighted by atomic mass is 35.5. The van der Waals surface area contributed by atoms with E-state index in [0.29, 0.717) is 11.5 Å². The average Bonchev–Trinajstić information content (AvgIpc) is 2.79. The molecular formula is C15H10ClF3N2. The minimum absolute atomic E-state index is 0.0308. The lowest BCUT2D eigenvalue weighted by molar-refractivity contribution is 0.590. The van der Waals surface area contributed by atoms with E-state index in [2.05, 4.69) is 4.98 Å². The molecular weight excluding hydrogens is 301 g/mol. The van der Waals surface area contributed by atoms with E-state index in [1.54, 1.807) is 6.92 Å². The minimum atomic E-state index is -0.760. The third kappa shape index (κ3) is 2.38. The lowest BCUT2D eigenvalue weighted by Crippen LogP contribution is -2.02. The fraction of sp³-hybridized carbons (Fsp3) is 0.133. The van der Waals surface area contributed by atoms with E-state index in [0.717, 1.165) is 6.07 Å². The average molecular weight is 311 g/mol. The fourth-order valence-corrected chi connectivity index (χ4v) is 2.40. The van der Waals surface area contributed by atoms with Crippen LogP contribution in [0.15, 0.2) is 36.4 Å². The molecule has 2 nitrogen and oxygen atoms in total. The Morgan fingerprint density at radius 2 is 1.71 bits per heavy atom. The monoisotopic (exact) mass is 310 g/mol. The SMILES string of the molecule is CC(Cl)c1nc2c(F)cc(F)cc2n1-c1ccc(F)cc1. The van der Waals surface area contributed by atoms with Gasteiger partial charge in [-0.05, 0) is 31.2 Å². The summed E-state index contributed by atoms with van der Waals surface area (Å²) in [5, 5.41) is -0.523. The van der Waals surface area contributed by atoms with Gasteiger partial charge >= 0.3 is 0 Å². The molecule has 0 aliphatic rings. The smallest absolute Gasteiger partial charge is 0.153 e. The molecule has 2 aromatic carbocycles. The third-order valence-corrected chi connectivity index (χ3v) is 3.34. The number of rotatable bonds is 2. The van der Waals surface area contributed by atoms with Gasteiger partial charge in [-0.2, -0.15) is 0 Å². The first-order chi connectivity index (χ1) is 9.97. The third-order valence-electron chi connectivity index (χ3n) is 3.15. The van der Waals surface area contributed by atoms with Crippen molar-refractivity contribution in [1.29, 1.82) is 0 Å². The minimum Gasteiger partial charge on any atom is -0.295 e. The number of alkyl halides is 1. The van der Waals surface area contributed by atoms with Crippen LogP contribution in [0.5, 0.6) is 0 Å². The molecule has 21 heavy (non-hydrogen) atoms. The van der Waals surface area contributed by atoms with Crippen LogP contribution >= 0.6 is 11.6 Å². The normalized spacial score (nSPS) is 12.8. The number of benzene rings is 2. The van der Waals surface area contributed by atoms with Gasteiger partial charge in [-0.1, -0.05) is 0 Å². The van der Waals surface area contributed by atoms with Crippen LogP contribution in [0, 0.1) is 17.5 Å². The molecule has 1 aromatic heterocycles. The molecule has 0 spiro atoms. The van der Waals surface area contributed by atoms with Crippen LogP contribution in [0.2, 0.25) is 0 Å². The van der Waals surface area contributed by atoms with Crippen LogP contribution in [0.25, 0.3) is 16.7 Å². The van der Waals surface area contributed by atoms with Gasteiger partial charge in [-0.3, -0.25) is 4.57 Å². The molecule has 0 N–H and O–H groups in total. The number of nitrogens with zero attached hydrogens (tertiary/aromatic N) is 2. The van der Waals surface area contributed by atoms with Crippen LogP contribution < -0.4 is 0 Å². The van der Waals surface area contributed by atoms with Crippen molar-refractivity contribution in [1.82, 2.24) is 9.55 Å². The Labute approximate surface area is 123 Å². The molecule has 3 aromatic rings. The Kier molecular flexibility index (Phi) is 3.37. The Balaban J connectivity index is 2.37. The van der Waals surface area contributed by atoms with Crippen molar-refractivity contribution in [3.05, 3.63) is 59.7 Å². The summed E-state index contributed by atoms with van der Waals surface area (Å²) in [4.78, 5) is 4.15. The predicted molar refractivity (Wildman–Crippen MR) is 75.2 cm³/mol. The molecule has 6 heteroatoms. The van der Waals surface area contributed by atoms with Crippen LogP contribution in [0.1, 0.15) is 18.1 Å². The van der Waals surface area contributed by atoms with E-state index in [-0.39, 0.29) is 11.0 Å². The predicted octanol–water partition coefficient (Wildman–Crippen LogP) is 4.74. The standard InChI is InChI=1S/C15H10ClF3N2/c1-8(16)15-20-14-12(19)6-10(18)7-13(14)21(15)11-4-2-9(17)3-5-11/h2-8H,1H3. The van der Waals surface area contributed by atoms with Crippen molar-refractivity contribution in [2.24, 2.45) is 0 Å². The molecule has 1 heterocycles. The van der Waals surface area contributed by atoms with E-state index in [9.17, 15) is 13.2 Å². The van der Waals surface area contributed by atoms with E-state index >= 15 is 0 Å². The van der Waals surface area contributed by atoms with Crippen molar-refractivity contribution in [2.75, 3.05) is 0 Å².